The second kappa shape index (κ2) is 8.85. The molecule has 1 saturated heterocycles. The van der Waals surface area contributed by atoms with Gasteiger partial charge in [-0.25, -0.2) is 9.67 Å². The van der Waals surface area contributed by atoms with Crippen LogP contribution in [0.15, 0.2) is 47.4 Å². The highest BCUT2D eigenvalue weighted by Crippen LogP contribution is 2.17. The molecular weight excluding hydrogens is 394 g/mol. The molecule has 1 atom stereocenters. The molecule has 8 nitrogen and oxygen atoms in total. The van der Waals surface area contributed by atoms with Gasteiger partial charge in [-0.3, -0.25) is 9.59 Å². The summed E-state index contributed by atoms with van der Waals surface area (Å²) in [5, 5.41) is 8.30. The highest BCUT2D eigenvalue weighted by atomic mass is 16.5. The topological polar surface area (TPSA) is 89.4 Å². The van der Waals surface area contributed by atoms with Crippen LogP contribution in [0.25, 0.3) is 10.8 Å². The number of carbonyl (C=O) groups is 1. The number of aromatic nitrogens is 3. The monoisotopic (exact) mass is 421 g/mol. The minimum atomic E-state index is -0.323. The van der Waals surface area contributed by atoms with Crippen molar-refractivity contribution in [3.05, 3.63) is 64.2 Å². The highest BCUT2D eigenvalue weighted by Gasteiger charge is 2.19. The molecule has 1 aromatic carbocycles. The van der Waals surface area contributed by atoms with Crippen LogP contribution in [0, 0.1) is 0 Å². The average Bonchev–Trinajstić information content (AvgIpc) is 2.78. The van der Waals surface area contributed by atoms with E-state index in [4.69, 9.17) is 4.74 Å². The van der Waals surface area contributed by atoms with Gasteiger partial charge in [0.25, 0.3) is 11.5 Å². The molecule has 3 heterocycles. The number of carbonyl (C=O) groups excluding carboxylic acids is 1. The molecule has 162 valence electrons. The smallest absolute Gasteiger partial charge is 0.274 e. The minimum Gasteiger partial charge on any atom is -0.375 e. The normalized spacial score (nSPS) is 16.6. The zero-order chi connectivity index (χ0) is 22.0. The Kier molecular flexibility index (Phi) is 5.99. The molecule has 0 radical (unpaired) electrons. The van der Waals surface area contributed by atoms with Gasteiger partial charge < -0.3 is 15.0 Å². The van der Waals surface area contributed by atoms with Crippen molar-refractivity contribution in [2.24, 2.45) is 0 Å². The second-order valence-electron chi connectivity index (χ2n) is 8.07. The van der Waals surface area contributed by atoms with Gasteiger partial charge in [-0.1, -0.05) is 24.3 Å². The first-order valence-corrected chi connectivity index (χ1v) is 10.6. The first-order valence-electron chi connectivity index (χ1n) is 10.6. The lowest BCUT2D eigenvalue weighted by atomic mass is 10.1. The molecule has 0 spiro atoms. The number of nitrogens with one attached hydrogen (secondary N) is 1. The number of ether oxygens (including phenoxy) is 1. The molecule has 1 unspecified atom stereocenters. The number of hydrogen-bond acceptors (Lipinski definition) is 6. The molecule has 3 aromatic rings. The number of pyridine rings is 1. The van der Waals surface area contributed by atoms with Gasteiger partial charge in [-0.2, -0.15) is 5.10 Å². The van der Waals surface area contributed by atoms with Gasteiger partial charge in [0.05, 0.1) is 24.1 Å². The number of morpholine rings is 1. The van der Waals surface area contributed by atoms with Crippen molar-refractivity contribution >= 4 is 22.5 Å². The van der Waals surface area contributed by atoms with Crippen molar-refractivity contribution < 1.29 is 9.53 Å². The molecule has 1 fully saturated rings. The quantitative estimate of drug-likeness (QED) is 0.681. The third-order valence-corrected chi connectivity index (χ3v) is 5.36. The number of anilines is 1. The van der Waals surface area contributed by atoms with E-state index in [2.05, 4.69) is 27.2 Å². The first kappa shape index (κ1) is 21.0. The third-order valence-electron chi connectivity index (χ3n) is 5.36. The molecule has 2 aromatic heterocycles. The predicted octanol–water partition coefficient (Wildman–Crippen LogP) is 2.53. The summed E-state index contributed by atoms with van der Waals surface area (Å²) in [7, 11) is 0. The lowest BCUT2D eigenvalue weighted by Gasteiger charge is -2.32. The lowest BCUT2D eigenvalue weighted by Crippen LogP contribution is -2.41. The van der Waals surface area contributed by atoms with E-state index in [1.165, 1.54) is 4.68 Å². The Labute approximate surface area is 180 Å². The summed E-state index contributed by atoms with van der Waals surface area (Å²) >= 11 is 0. The van der Waals surface area contributed by atoms with Crippen molar-refractivity contribution in [1.82, 2.24) is 20.1 Å². The van der Waals surface area contributed by atoms with Gasteiger partial charge in [0.1, 0.15) is 5.82 Å². The van der Waals surface area contributed by atoms with Crippen LogP contribution >= 0.6 is 0 Å². The minimum absolute atomic E-state index is 0.150. The van der Waals surface area contributed by atoms with E-state index in [0.29, 0.717) is 23.9 Å². The van der Waals surface area contributed by atoms with E-state index in [0.717, 1.165) is 24.5 Å². The number of hydrogen-bond donors (Lipinski definition) is 1. The van der Waals surface area contributed by atoms with Crippen molar-refractivity contribution in [2.45, 2.75) is 39.5 Å². The maximum absolute atomic E-state index is 12.9. The molecule has 31 heavy (non-hydrogen) atoms. The fraction of sp³-hybridized carbons (Fsp3) is 0.391. The zero-order valence-corrected chi connectivity index (χ0v) is 18.0. The number of benzene rings is 1. The molecule has 1 aliphatic rings. The van der Waals surface area contributed by atoms with Gasteiger partial charge in [0.15, 0.2) is 5.69 Å². The molecule has 1 amide bonds. The van der Waals surface area contributed by atoms with Crippen molar-refractivity contribution in [3.63, 3.8) is 0 Å². The molecule has 0 aliphatic carbocycles. The van der Waals surface area contributed by atoms with E-state index < -0.39 is 0 Å². The lowest BCUT2D eigenvalue weighted by molar-refractivity contribution is 0.0529. The summed E-state index contributed by atoms with van der Waals surface area (Å²) in [6, 6.07) is 10.8. The van der Waals surface area contributed by atoms with Crippen LogP contribution in [0.4, 0.5) is 5.82 Å². The summed E-state index contributed by atoms with van der Waals surface area (Å²) in [6.07, 6.45) is 1.96. The summed E-state index contributed by atoms with van der Waals surface area (Å²) in [4.78, 5) is 32.3. The molecule has 1 N–H and O–H groups in total. The predicted molar refractivity (Wildman–Crippen MR) is 119 cm³/mol. The van der Waals surface area contributed by atoms with E-state index in [9.17, 15) is 9.59 Å². The Morgan fingerprint density at radius 3 is 2.68 bits per heavy atom. The zero-order valence-electron chi connectivity index (χ0n) is 18.0. The van der Waals surface area contributed by atoms with Crippen LogP contribution < -0.4 is 15.8 Å². The Hall–Kier alpha value is -3.26. The standard InChI is InChI=1S/C23H27N5O3/c1-15(2)28-23(30)19-7-5-4-6-18(19)21(26-28)22(29)25-13-17-8-9-20(24-12-17)27-10-11-31-16(3)14-27/h4-9,12,15-16H,10-11,13-14H2,1-3H3,(H,25,29). The second-order valence-corrected chi connectivity index (χ2v) is 8.07. The van der Waals surface area contributed by atoms with Gasteiger partial charge in [-0.15, -0.1) is 0 Å². The SMILES string of the molecule is CC1CN(c2ccc(CNC(=O)c3nn(C(C)C)c(=O)c4ccccc34)cn2)CCO1. The van der Waals surface area contributed by atoms with Gasteiger partial charge in [0, 0.05) is 31.2 Å². The average molecular weight is 422 g/mol. The van der Waals surface area contributed by atoms with Crippen LogP contribution in [0.2, 0.25) is 0 Å². The van der Waals surface area contributed by atoms with Gasteiger partial charge in [0.2, 0.25) is 0 Å². The summed E-state index contributed by atoms with van der Waals surface area (Å²) < 4.78 is 6.94. The van der Waals surface area contributed by atoms with Crippen molar-refractivity contribution in [3.8, 4) is 0 Å². The summed E-state index contributed by atoms with van der Waals surface area (Å²) in [5.74, 6) is 0.582. The molecule has 1 aliphatic heterocycles. The van der Waals surface area contributed by atoms with Crippen LogP contribution in [-0.4, -0.2) is 46.5 Å². The van der Waals surface area contributed by atoms with E-state index in [1.54, 1.807) is 30.5 Å². The maximum atomic E-state index is 12.9. The molecule has 8 heteroatoms. The van der Waals surface area contributed by atoms with Crippen LogP contribution in [0.5, 0.6) is 0 Å². The van der Waals surface area contributed by atoms with Crippen molar-refractivity contribution in [1.29, 1.82) is 0 Å². The number of amides is 1. The Morgan fingerprint density at radius 2 is 2.00 bits per heavy atom. The maximum Gasteiger partial charge on any atom is 0.274 e. The largest absolute Gasteiger partial charge is 0.375 e. The van der Waals surface area contributed by atoms with E-state index in [1.807, 2.05) is 26.0 Å². The highest BCUT2D eigenvalue weighted by molar-refractivity contribution is 6.04. The fourth-order valence-electron chi connectivity index (χ4n) is 3.73. The van der Waals surface area contributed by atoms with E-state index in [-0.39, 0.29) is 29.3 Å². The summed E-state index contributed by atoms with van der Waals surface area (Å²) in [5.41, 5.74) is 0.940. The molecule has 0 bridgehead atoms. The molecule has 4 rings (SSSR count). The third kappa shape index (κ3) is 4.44. The Bertz CT molecular complexity index is 1140. The van der Waals surface area contributed by atoms with E-state index >= 15 is 0 Å². The van der Waals surface area contributed by atoms with Crippen LogP contribution in [0.1, 0.15) is 42.9 Å². The Balaban J connectivity index is 1.51. The van der Waals surface area contributed by atoms with Crippen LogP contribution in [0.3, 0.4) is 0 Å². The molecular formula is C23H27N5O3. The first-order chi connectivity index (χ1) is 14.9. The number of nitrogens with zero attached hydrogens (tertiary/aromatic N) is 4. The Morgan fingerprint density at radius 1 is 1.23 bits per heavy atom. The van der Waals surface area contributed by atoms with Gasteiger partial charge in [-0.05, 0) is 38.5 Å². The fourth-order valence-corrected chi connectivity index (χ4v) is 3.73. The molecule has 0 saturated carbocycles. The number of rotatable bonds is 5. The van der Waals surface area contributed by atoms with Crippen LogP contribution in [-0.2, 0) is 11.3 Å². The van der Waals surface area contributed by atoms with Crippen molar-refractivity contribution in [2.75, 3.05) is 24.6 Å². The van der Waals surface area contributed by atoms with Gasteiger partial charge >= 0.3 is 0 Å². The summed E-state index contributed by atoms with van der Waals surface area (Å²) in [6.45, 7) is 8.43. The number of fused-ring (bicyclic) bond motifs is 1.